The topological polar surface area (TPSA) is 40.2 Å². The molecule has 0 spiro atoms. The molecule has 1 saturated carbocycles. The van der Waals surface area contributed by atoms with E-state index in [4.69, 9.17) is 9.15 Å². The van der Waals surface area contributed by atoms with E-state index in [9.17, 15) is 0 Å². The summed E-state index contributed by atoms with van der Waals surface area (Å²) in [6.07, 6.45) is 11.0. The number of nitrogens with zero attached hydrogens (tertiary/aromatic N) is 2. The first-order valence-corrected chi connectivity index (χ1v) is 7.96. The van der Waals surface area contributed by atoms with Gasteiger partial charge in [0.2, 0.25) is 0 Å². The zero-order valence-electron chi connectivity index (χ0n) is 12.9. The molecule has 1 aliphatic carbocycles. The van der Waals surface area contributed by atoms with Crippen molar-refractivity contribution in [2.45, 2.75) is 57.6 Å². The SMILES string of the molecule is CCCc1ccc(-c2nccn2C2CCC(OC)CC2)o1. The Kier molecular flexibility index (Phi) is 4.44. The van der Waals surface area contributed by atoms with E-state index in [1.165, 1.54) is 0 Å². The second kappa shape index (κ2) is 6.48. The molecule has 2 heterocycles. The molecule has 2 aromatic heterocycles. The maximum Gasteiger partial charge on any atom is 0.176 e. The summed E-state index contributed by atoms with van der Waals surface area (Å²) < 4.78 is 13.7. The van der Waals surface area contributed by atoms with Crippen molar-refractivity contribution in [1.29, 1.82) is 0 Å². The summed E-state index contributed by atoms with van der Waals surface area (Å²) >= 11 is 0. The number of aromatic nitrogens is 2. The van der Waals surface area contributed by atoms with Crippen molar-refractivity contribution < 1.29 is 9.15 Å². The third kappa shape index (κ3) is 3.05. The highest BCUT2D eigenvalue weighted by Gasteiger charge is 2.24. The van der Waals surface area contributed by atoms with Crippen molar-refractivity contribution in [2.75, 3.05) is 7.11 Å². The highest BCUT2D eigenvalue weighted by atomic mass is 16.5. The van der Waals surface area contributed by atoms with E-state index in [-0.39, 0.29) is 0 Å². The lowest BCUT2D eigenvalue weighted by molar-refractivity contribution is 0.0586. The number of furan rings is 1. The quantitative estimate of drug-likeness (QED) is 0.826. The molecule has 0 aromatic carbocycles. The molecule has 2 aromatic rings. The van der Waals surface area contributed by atoms with Gasteiger partial charge in [0.05, 0.1) is 6.10 Å². The van der Waals surface area contributed by atoms with Gasteiger partial charge in [0, 0.05) is 32.0 Å². The fraction of sp³-hybridized carbons (Fsp3) is 0.588. The molecule has 0 N–H and O–H groups in total. The number of ether oxygens (including phenoxy) is 1. The maximum atomic E-state index is 5.93. The van der Waals surface area contributed by atoms with Crippen molar-refractivity contribution in [2.24, 2.45) is 0 Å². The molecule has 0 aliphatic heterocycles. The summed E-state index contributed by atoms with van der Waals surface area (Å²) in [5.41, 5.74) is 0. The van der Waals surface area contributed by atoms with E-state index in [1.54, 1.807) is 0 Å². The van der Waals surface area contributed by atoms with Crippen molar-refractivity contribution in [3.05, 3.63) is 30.3 Å². The minimum atomic E-state index is 0.424. The van der Waals surface area contributed by atoms with Gasteiger partial charge in [0.25, 0.3) is 0 Å². The molecule has 4 nitrogen and oxygen atoms in total. The summed E-state index contributed by atoms with van der Waals surface area (Å²) in [6.45, 7) is 2.16. The number of aryl methyl sites for hydroxylation is 1. The van der Waals surface area contributed by atoms with Gasteiger partial charge in [-0.15, -0.1) is 0 Å². The molecule has 0 unspecified atom stereocenters. The molecule has 0 amide bonds. The summed E-state index contributed by atoms with van der Waals surface area (Å²) in [5, 5.41) is 0. The van der Waals surface area contributed by atoms with Gasteiger partial charge >= 0.3 is 0 Å². The van der Waals surface area contributed by atoms with Gasteiger partial charge in [-0.25, -0.2) is 4.98 Å². The summed E-state index contributed by atoms with van der Waals surface area (Å²) in [5.74, 6) is 2.89. The van der Waals surface area contributed by atoms with Crippen molar-refractivity contribution in [3.63, 3.8) is 0 Å². The Labute approximate surface area is 126 Å². The lowest BCUT2D eigenvalue weighted by Gasteiger charge is -2.29. The maximum absolute atomic E-state index is 5.93. The number of hydrogen-bond donors (Lipinski definition) is 0. The van der Waals surface area contributed by atoms with E-state index in [0.29, 0.717) is 12.1 Å². The Morgan fingerprint density at radius 2 is 2.10 bits per heavy atom. The van der Waals surface area contributed by atoms with Crippen molar-refractivity contribution in [3.8, 4) is 11.6 Å². The molecule has 1 aliphatic rings. The summed E-state index contributed by atoms with van der Waals surface area (Å²) in [4.78, 5) is 4.51. The van der Waals surface area contributed by atoms with Crippen LogP contribution < -0.4 is 0 Å². The molecular weight excluding hydrogens is 264 g/mol. The normalized spacial score (nSPS) is 22.6. The van der Waals surface area contributed by atoms with Gasteiger partial charge in [-0.1, -0.05) is 6.92 Å². The van der Waals surface area contributed by atoms with Crippen molar-refractivity contribution in [1.82, 2.24) is 9.55 Å². The van der Waals surface area contributed by atoms with E-state index < -0.39 is 0 Å². The predicted octanol–water partition coefficient (Wildman–Crippen LogP) is 4.23. The fourth-order valence-corrected chi connectivity index (χ4v) is 3.24. The molecule has 0 saturated heterocycles. The summed E-state index contributed by atoms with van der Waals surface area (Å²) in [6, 6.07) is 4.62. The molecule has 0 radical (unpaired) electrons. The van der Waals surface area contributed by atoms with Gasteiger partial charge in [-0.2, -0.15) is 0 Å². The molecule has 3 rings (SSSR count). The third-order valence-electron chi connectivity index (χ3n) is 4.42. The van der Waals surface area contributed by atoms with Crippen LogP contribution in [0.3, 0.4) is 0 Å². The smallest absolute Gasteiger partial charge is 0.176 e. The van der Waals surface area contributed by atoms with Gasteiger partial charge in [-0.05, 0) is 44.2 Å². The van der Waals surface area contributed by atoms with E-state index in [2.05, 4.69) is 28.7 Å². The lowest BCUT2D eigenvalue weighted by atomic mass is 9.92. The van der Waals surface area contributed by atoms with Crippen LogP contribution in [-0.4, -0.2) is 22.8 Å². The minimum Gasteiger partial charge on any atom is -0.458 e. The number of rotatable bonds is 5. The van der Waals surface area contributed by atoms with Gasteiger partial charge in [0.1, 0.15) is 5.76 Å². The first-order chi connectivity index (χ1) is 10.3. The van der Waals surface area contributed by atoms with Crippen LogP contribution in [-0.2, 0) is 11.2 Å². The Hall–Kier alpha value is -1.55. The molecule has 0 atom stereocenters. The Balaban J connectivity index is 1.77. The molecule has 21 heavy (non-hydrogen) atoms. The minimum absolute atomic E-state index is 0.424. The number of imidazole rings is 1. The van der Waals surface area contributed by atoms with Crippen molar-refractivity contribution >= 4 is 0 Å². The van der Waals surface area contributed by atoms with E-state index in [0.717, 1.165) is 55.9 Å². The Morgan fingerprint density at radius 1 is 1.29 bits per heavy atom. The zero-order valence-corrected chi connectivity index (χ0v) is 12.9. The first kappa shape index (κ1) is 14.4. The molecule has 4 heteroatoms. The number of methoxy groups -OCH3 is 1. The van der Waals surface area contributed by atoms with E-state index >= 15 is 0 Å². The Morgan fingerprint density at radius 3 is 2.81 bits per heavy atom. The van der Waals surface area contributed by atoms with Crippen LogP contribution in [0.15, 0.2) is 28.9 Å². The van der Waals surface area contributed by atoms with Crippen LogP contribution in [0.25, 0.3) is 11.6 Å². The largest absolute Gasteiger partial charge is 0.458 e. The van der Waals surface area contributed by atoms with Crippen LogP contribution in [0.2, 0.25) is 0 Å². The monoisotopic (exact) mass is 288 g/mol. The fourth-order valence-electron chi connectivity index (χ4n) is 3.24. The van der Waals surface area contributed by atoms with Gasteiger partial charge in [0.15, 0.2) is 11.6 Å². The highest BCUT2D eigenvalue weighted by molar-refractivity contribution is 5.48. The van der Waals surface area contributed by atoms with Crippen LogP contribution in [0, 0.1) is 0 Å². The third-order valence-corrected chi connectivity index (χ3v) is 4.42. The van der Waals surface area contributed by atoms with Crippen LogP contribution in [0.4, 0.5) is 0 Å². The second-order valence-electron chi connectivity index (χ2n) is 5.84. The lowest BCUT2D eigenvalue weighted by Crippen LogP contribution is -2.22. The van der Waals surface area contributed by atoms with Gasteiger partial charge in [-0.3, -0.25) is 0 Å². The predicted molar refractivity (Wildman–Crippen MR) is 82.2 cm³/mol. The van der Waals surface area contributed by atoms with Gasteiger partial charge < -0.3 is 13.7 Å². The molecule has 114 valence electrons. The number of hydrogen-bond acceptors (Lipinski definition) is 3. The molecule has 1 fully saturated rings. The average molecular weight is 288 g/mol. The highest BCUT2D eigenvalue weighted by Crippen LogP contribution is 2.33. The second-order valence-corrected chi connectivity index (χ2v) is 5.84. The summed E-state index contributed by atoms with van der Waals surface area (Å²) in [7, 11) is 1.81. The molecular formula is C17H24N2O2. The van der Waals surface area contributed by atoms with Crippen LogP contribution in [0.1, 0.15) is 50.8 Å². The average Bonchev–Trinajstić information content (AvgIpc) is 3.16. The van der Waals surface area contributed by atoms with Crippen LogP contribution >= 0.6 is 0 Å². The molecule has 0 bridgehead atoms. The Bertz CT molecular complexity index is 565. The standard InChI is InChI=1S/C17H24N2O2/c1-3-4-15-9-10-16(21-15)17-18-11-12-19(17)13-5-7-14(20-2)8-6-13/h9-14H,3-8H2,1-2H3. The van der Waals surface area contributed by atoms with E-state index in [1.807, 2.05) is 19.4 Å². The zero-order chi connectivity index (χ0) is 14.7. The van der Waals surface area contributed by atoms with Crippen LogP contribution in [0.5, 0.6) is 0 Å². The first-order valence-electron chi connectivity index (χ1n) is 7.96.